The molecule has 0 bridgehead atoms. The molecule has 2 aliphatic heterocycles. The summed E-state index contributed by atoms with van der Waals surface area (Å²) in [7, 11) is 0. The highest BCUT2D eigenvalue weighted by Gasteiger charge is 2.20. The summed E-state index contributed by atoms with van der Waals surface area (Å²) in [6.45, 7) is 1.27. The van der Waals surface area contributed by atoms with Gasteiger partial charge in [0.1, 0.15) is 24.7 Å². The monoisotopic (exact) mass is 186 g/mol. The van der Waals surface area contributed by atoms with Crippen LogP contribution in [0.3, 0.4) is 0 Å². The van der Waals surface area contributed by atoms with Gasteiger partial charge < -0.3 is 9.47 Å². The molecule has 0 amide bonds. The summed E-state index contributed by atoms with van der Waals surface area (Å²) in [5.74, 6) is 1.90. The molecule has 3 rings (SSSR count). The lowest BCUT2D eigenvalue weighted by Crippen LogP contribution is -2.14. The maximum Gasteiger partial charge on any atom is 0.137 e. The van der Waals surface area contributed by atoms with E-state index in [1.165, 1.54) is 0 Å². The van der Waals surface area contributed by atoms with Crippen LogP contribution < -0.4 is 4.74 Å². The van der Waals surface area contributed by atoms with Gasteiger partial charge in [-0.3, -0.25) is 0 Å². The number of rotatable bonds is 0. The summed E-state index contributed by atoms with van der Waals surface area (Å²) in [5.41, 5.74) is 2.20. The third kappa shape index (κ3) is 1.04. The number of fused-ring (bicyclic) bond motifs is 2. The number of benzene rings is 1. The molecule has 1 aromatic carbocycles. The van der Waals surface area contributed by atoms with E-state index in [2.05, 4.69) is 6.08 Å². The fourth-order valence-corrected chi connectivity index (χ4v) is 1.79. The molecule has 14 heavy (non-hydrogen) atoms. The van der Waals surface area contributed by atoms with Crippen LogP contribution in [0.25, 0.3) is 5.76 Å². The van der Waals surface area contributed by atoms with E-state index in [9.17, 15) is 0 Å². The molecule has 70 valence electrons. The highest BCUT2D eigenvalue weighted by atomic mass is 16.5. The molecular formula is C12H10O2. The van der Waals surface area contributed by atoms with E-state index in [4.69, 9.17) is 9.47 Å². The Labute approximate surface area is 82.5 Å². The molecule has 0 fully saturated rings. The first-order valence-corrected chi connectivity index (χ1v) is 4.70. The zero-order valence-electron chi connectivity index (χ0n) is 7.69. The molecule has 0 saturated heterocycles. The van der Waals surface area contributed by atoms with Gasteiger partial charge in [0, 0.05) is 5.57 Å². The van der Waals surface area contributed by atoms with Gasteiger partial charge in [-0.15, -0.1) is 0 Å². The fourth-order valence-electron chi connectivity index (χ4n) is 1.79. The van der Waals surface area contributed by atoms with Gasteiger partial charge in [-0.05, 0) is 18.2 Å². The third-order valence-corrected chi connectivity index (χ3v) is 2.45. The van der Waals surface area contributed by atoms with Crippen LogP contribution in [-0.2, 0) is 4.74 Å². The molecule has 0 unspecified atom stereocenters. The summed E-state index contributed by atoms with van der Waals surface area (Å²) in [6.07, 6.45) is 4.09. The summed E-state index contributed by atoms with van der Waals surface area (Å²) in [4.78, 5) is 0. The van der Waals surface area contributed by atoms with Crippen LogP contribution in [0, 0.1) is 0 Å². The van der Waals surface area contributed by atoms with Crippen molar-refractivity contribution in [1.29, 1.82) is 0 Å². The quantitative estimate of drug-likeness (QED) is 0.619. The molecule has 0 aromatic heterocycles. The number of hydrogen-bond acceptors (Lipinski definition) is 2. The van der Waals surface area contributed by atoms with Crippen molar-refractivity contribution in [2.24, 2.45) is 0 Å². The summed E-state index contributed by atoms with van der Waals surface area (Å²) in [5, 5.41) is 0. The molecule has 2 aliphatic rings. The predicted octanol–water partition coefficient (Wildman–Crippen LogP) is 2.38. The van der Waals surface area contributed by atoms with Crippen LogP contribution in [0.2, 0.25) is 0 Å². The van der Waals surface area contributed by atoms with Crippen LogP contribution >= 0.6 is 0 Å². The van der Waals surface area contributed by atoms with Gasteiger partial charge in [-0.2, -0.15) is 0 Å². The molecule has 1 aromatic rings. The van der Waals surface area contributed by atoms with Crippen molar-refractivity contribution in [1.82, 2.24) is 0 Å². The SMILES string of the molecule is C1=CC2=C(OC1)c1ccccc1OC2. The first-order chi connectivity index (χ1) is 6.95. The van der Waals surface area contributed by atoms with Crippen LogP contribution in [-0.4, -0.2) is 13.2 Å². The lowest BCUT2D eigenvalue weighted by molar-refractivity contribution is 0.282. The van der Waals surface area contributed by atoms with Gasteiger partial charge >= 0.3 is 0 Å². The molecule has 0 atom stereocenters. The Morgan fingerprint density at radius 1 is 1.07 bits per heavy atom. The average Bonchev–Trinajstić information content (AvgIpc) is 2.29. The van der Waals surface area contributed by atoms with E-state index in [1.54, 1.807) is 0 Å². The summed E-state index contributed by atoms with van der Waals surface area (Å²) in [6, 6.07) is 7.98. The zero-order valence-corrected chi connectivity index (χ0v) is 7.69. The highest BCUT2D eigenvalue weighted by molar-refractivity contribution is 5.73. The van der Waals surface area contributed by atoms with E-state index >= 15 is 0 Å². The topological polar surface area (TPSA) is 18.5 Å². The standard InChI is InChI=1S/C12H10O2/c1-2-6-11-10(5-1)12-9(8-14-11)4-3-7-13-12/h1-6H,7-8H2. The van der Waals surface area contributed by atoms with Crippen molar-refractivity contribution in [3.63, 3.8) is 0 Å². The van der Waals surface area contributed by atoms with Crippen molar-refractivity contribution in [2.75, 3.05) is 13.2 Å². The molecule has 0 spiro atoms. The Morgan fingerprint density at radius 2 is 2.00 bits per heavy atom. The summed E-state index contributed by atoms with van der Waals surface area (Å²) < 4.78 is 11.2. The van der Waals surface area contributed by atoms with Crippen LogP contribution in [0.5, 0.6) is 5.75 Å². The lowest BCUT2D eigenvalue weighted by Gasteiger charge is -2.24. The van der Waals surface area contributed by atoms with Crippen LogP contribution in [0.15, 0.2) is 42.0 Å². The van der Waals surface area contributed by atoms with E-state index in [-0.39, 0.29) is 0 Å². The van der Waals surface area contributed by atoms with Gasteiger partial charge in [0.15, 0.2) is 0 Å². The van der Waals surface area contributed by atoms with Crippen molar-refractivity contribution in [3.8, 4) is 5.75 Å². The van der Waals surface area contributed by atoms with Gasteiger partial charge in [0.05, 0.1) is 5.56 Å². The number of para-hydroxylation sites is 1. The molecule has 0 radical (unpaired) electrons. The molecule has 2 heterocycles. The Morgan fingerprint density at radius 3 is 3.00 bits per heavy atom. The van der Waals surface area contributed by atoms with E-state index in [1.807, 2.05) is 30.3 Å². The van der Waals surface area contributed by atoms with Crippen LogP contribution in [0.4, 0.5) is 0 Å². The number of ether oxygens (including phenoxy) is 2. The van der Waals surface area contributed by atoms with Gasteiger partial charge in [0.25, 0.3) is 0 Å². The van der Waals surface area contributed by atoms with Crippen LogP contribution in [0.1, 0.15) is 5.56 Å². The summed E-state index contributed by atoms with van der Waals surface area (Å²) >= 11 is 0. The fraction of sp³-hybridized carbons (Fsp3) is 0.167. The molecule has 0 saturated carbocycles. The van der Waals surface area contributed by atoms with E-state index < -0.39 is 0 Å². The van der Waals surface area contributed by atoms with Gasteiger partial charge in [0.2, 0.25) is 0 Å². The normalized spacial score (nSPS) is 18.0. The Hall–Kier alpha value is -1.70. The van der Waals surface area contributed by atoms with Gasteiger partial charge in [-0.25, -0.2) is 0 Å². The van der Waals surface area contributed by atoms with Crippen molar-refractivity contribution in [2.45, 2.75) is 0 Å². The maximum atomic E-state index is 5.62. The number of hydrogen-bond donors (Lipinski definition) is 0. The molecule has 0 aliphatic carbocycles. The smallest absolute Gasteiger partial charge is 0.137 e. The first-order valence-electron chi connectivity index (χ1n) is 4.70. The average molecular weight is 186 g/mol. The second-order valence-corrected chi connectivity index (χ2v) is 3.35. The Bertz CT molecular complexity index is 430. The minimum Gasteiger partial charge on any atom is -0.488 e. The second-order valence-electron chi connectivity index (χ2n) is 3.35. The van der Waals surface area contributed by atoms with E-state index in [0.717, 1.165) is 22.6 Å². The molecule has 0 N–H and O–H groups in total. The maximum absolute atomic E-state index is 5.62. The largest absolute Gasteiger partial charge is 0.488 e. The van der Waals surface area contributed by atoms with Crippen molar-refractivity contribution >= 4 is 5.76 Å². The minimum absolute atomic E-state index is 0.614. The molecular weight excluding hydrogens is 176 g/mol. The van der Waals surface area contributed by atoms with Crippen molar-refractivity contribution < 1.29 is 9.47 Å². The third-order valence-electron chi connectivity index (χ3n) is 2.45. The first kappa shape index (κ1) is 7.68. The lowest BCUT2D eigenvalue weighted by atomic mass is 10.0. The second kappa shape index (κ2) is 2.91. The molecule has 2 nitrogen and oxygen atoms in total. The minimum atomic E-state index is 0.614. The predicted molar refractivity (Wildman–Crippen MR) is 53.9 cm³/mol. The molecule has 2 heteroatoms. The zero-order chi connectivity index (χ0) is 9.38. The Kier molecular flexibility index (Phi) is 1.60. The Balaban J connectivity index is 2.18. The van der Waals surface area contributed by atoms with Gasteiger partial charge in [-0.1, -0.05) is 18.2 Å². The van der Waals surface area contributed by atoms with E-state index in [0.29, 0.717) is 13.2 Å². The van der Waals surface area contributed by atoms with Crippen molar-refractivity contribution in [3.05, 3.63) is 47.6 Å². The highest BCUT2D eigenvalue weighted by Crippen LogP contribution is 2.35.